The largest absolute Gasteiger partial charge is 0.379 e. The molecule has 0 saturated heterocycles. The summed E-state index contributed by atoms with van der Waals surface area (Å²) in [6.45, 7) is 4.85. The standard InChI is InChI=1S/C13H13ClN4S/c1-8-7-19-13-17-9(2)11(18(8)13)6-16-10-3-4-15-12(14)5-10/h3-5,7H,6H2,1-2H3,(H,15,16). The van der Waals surface area contributed by atoms with E-state index in [2.05, 4.69) is 32.0 Å². The first-order valence-corrected chi connectivity index (χ1v) is 7.18. The summed E-state index contributed by atoms with van der Waals surface area (Å²) < 4.78 is 2.19. The van der Waals surface area contributed by atoms with Crippen molar-refractivity contribution >= 4 is 33.6 Å². The van der Waals surface area contributed by atoms with Crippen molar-refractivity contribution in [3.05, 3.63) is 45.9 Å². The second kappa shape index (κ2) is 4.83. The van der Waals surface area contributed by atoms with E-state index in [1.807, 2.05) is 19.1 Å². The molecule has 3 heterocycles. The second-order valence-electron chi connectivity index (χ2n) is 4.36. The van der Waals surface area contributed by atoms with Crippen LogP contribution in [0.25, 0.3) is 4.96 Å². The molecule has 19 heavy (non-hydrogen) atoms. The molecular weight excluding hydrogens is 280 g/mol. The van der Waals surface area contributed by atoms with Crippen LogP contribution in [0.4, 0.5) is 5.69 Å². The molecule has 0 radical (unpaired) electrons. The van der Waals surface area contributed by atoms with Crippen molar-refractivity contribution in [1.29, 1.82) is 0 Å². The molecule has 0 aliphatic carbocycles. The third-order valence-electron chi connectivity index (χ3n) is 3.02. The maximum Gasteiger partial charge on any atom is 0.194 e. The molecule has 0 bridgehead atoms. The zero-order valence-corrected chi connectivity index (χ0v) is 12.2. The highest BCUT2D eigenvalue weighted by Gasteiger charge is 2.11. The van der Waals surface area contributed by atoms with Gasteiger partial charge in [-0.15, -0.1) is 11.3 Å². The Balaban J connectivity index is 1.89. The van der Waals surface area contributed by atoms with E-state index in [0.717, 1.165) is 16.3 Å². The molecular formula is C13H13ClN4S. The highest BCUT2D eigenvalue weighted by Crippen LogP contribution is 2.21. The fourth-order valence-electron chi connectivity index (χ4n) is 2.07. The van der Waals surface area contributed by atoms with E-state index in [0.29, 0.717) is 11.7 Å². The van der Waals surface area contributed by atoms with Crippen LogP contribution in [0.5, 0.6) is 0 Å². The quantitative estimate of drug-likeness (QED) is 0.749. The molecule has 0 amide bonds. The number of pyridine rings is 1. The molecule has 3 aromatic rings. The summed E-state index contributed by atoms with van der Waals surface area (Å²) in [5, 5.41) is 5.97. The van der Waals surface area contributed by atoms with Gasteiger partial charge in [-0.1, -0.05) is 11.6 Å². The van der Waals surface area contributed by atoms with Gasteiger partial charge in [0.05, 0.1) is 17.9 Å². The smallest absolute Gasteiger partial charge is 0.194 e. The average Bonchev–Trinajstić information content (AvgIpc) is 2.87. The Morgan fingerprint density at radius 3 is 3.05 bits per heavy atom. The van der Waals surface area contributed by atoms with Crippen LogP contribution >= 0.6 is 22.9 Å². The van der Waals surface area contributed by atoms with Crippen LogP contribution < -0.4 is 5.32 Å². The first-order valence-electron chi connectivity index (χ1n) is 5.92. The van der Waals surface area contributed by atoms with Gasteiger partial charge >= 0.3 is 0 Å². The highest BCUT2D eigenvalue weighted by molar-refractivity contribution is 7.15. The summed E-state index contributed by atoms with van der Waals surface area (Å²) in [5.41, 5.74) is 4.41. The summed E-state index contributed by atoms with van der Waals surface area (Å²) in [7, 11) is 0. The molecule has 0 aliphatic heterocycles. The molecule has 98 valence electrons. The van der Waals surface area contributed by atoms with Crippen molar-refractivity contribution in [2.75, 3.05) is 5.32 Å². The van der Waals surface area contributed by atoms with Gasteiger partial charge in [0, 0.05) is 23.0 Å². The summed E-state index contributed by atoms with van der Waals surface area (Å²) >= 11 is 7.54. The minimum absolute atomic E-state index is 0.492. The van der Waals surface area contributed by atoms with Gasteiger partial charge in [-0.05, 0) is 26.0 Å². The van der Waals surface area contributed by atoms with E-state index in [4.69, 9.17) is 11.6 Å². The van der Waals surface area contributed by atoms with Crippen LogP contribution in [0.3, 0.4) is 0 Å². The lowest BCUT2D eigenvalue weighted by atomic mass is 10.3. The Hall–Kier alpha value is -1.59. The lowest BCUT2D eigenvalue weighted by Gasteiger charge is -2.07. The topological polar surface area (TPSA) is 42.2 Å². The van der Waals surface area contributed by atoms with E-state index < -0.39 is 0 Å². The normalized spacial score (nSPS) is 11.1. The Bertz CT molecular complexity index is 731. The Labute approximate surface area is 120 Å². The molecule has 0 aliphatic rings. The predicted octanol–water partition coefficient (Wildman–Crippen LogP) is 3.67. The van der Waals surface area contributed by atoms with E-state index in [1.165, 1.54) is 11.4 Å². The predicted molar refractivity (Wildman–Crippen MR) is 79.1 cm³/mol. The van der Waals surface area contributed by atoms with Gasteiger partial charge < -0.3 is 5.32 Å². The number of anilines is 1. The fourth-order valence-corrected chi connectivity index (χ4v) is 3.18. The Morgan fingerprint density at radius 2 is 2.26 bits per heavy atom. The first kappa shape index (κ1) is 12.4. The highest BCUT2D eigenvalue weighted by atomic mass is 35.5. The maximum absolute atomic E-state index is 5.87. The van der Waals surface area contributed by atoms with Crippen LogP contribution in [0.2, 0.25) is 5.15 Å². The van der Waals surface area contributed by atoms with Crippen molar-refractivity contribution in [1.82, 2.24) is 14.4 Å². The van der Waals surface area contributed by atoms with E-state index in [1.54, 1.807) is 17.5 Å². The number of fused-ring (bicyclic) bond motifs is 1. The zero-order chi connectivity index (χ0) is 13.4. The van der Waals surface area contributed by atoms with Crippen molar-refractivity contribution in [2.24, 2.45) is 0 Å². The van der Waals surface area contributed by atoms with Gasteiger partial charge in [0.2, 0.25) is 0 Å². The van der Waals surface area contributed by atoms with Crippen LogP contribution in [0.15, 0.2) is 23.7 Å². The molecule has 6 heteroatoms. The number of nitrogens with zero attached hydrogens (tertiary/aromatic N) is 3. The van der Waals surface area contributed by atoms with Gasteiger partial charge in [0.1, 0.15) is 5.15 Å². The number of aromatic nitrogens is 3. The van der Waals surface area contributed by atoms with E-state index in [-0.39, 0.29) is 0 Å². The lowest BCUT2D eigenvalue weighted by molar-refractivity contribution is 0.966. The summed E-state index contributed by atoms with van der Waals surface area (Å²) in [5.74, 6) is 0. The molecule has 3 rings (SSSR count). The first-order chi connectivity index (χ1) is 9.15. The average molecular weight is 293 g/mol. The van der Waals surface area contributed by atoms with Gasteiger partial charge in [0.15, 0.2) is 4.96 Å². The SMILES string of the molecule is Cc1nc2scc(C)n2c1CNc1ccnc(Cl)c1. The van der Waals surface area contributed by atoms with Gasteiger partial charge in [-0.3, -0.25) is 4.40 Å². The number of hydrogen-bond donors (Lipinski definition) is 1. The number of hydrogen-bond acceptors (Lipinski definition) is 4. The third kappa shape index (κ3) is 2.31. The molecule has 0 aromatic carbocycles. The second-order valence-corrected chi connectivity index (χ2v) is 5.58. The van der Waals surface area contributed by atoms with Gasteiger partial charge in [-0.2, -0.15) is 0 Å². The molecule has 4 nitrogen and oxygen atoms in total. The van der Waals surface area contributed by atoms with E-state index in [9.17, 15) is 0 Å². The Morgan fingerprint density at radius 1 is 1.42 bits per heavy atom. The molecule has 1 N–H and O–H groups in total. The van der Waals surface area contributed by atoms with Gasteiger partial charge in [0.25, 0.3) is 0 Å². The number of aryl methyl sites for hydroxylation is 2. The van der Waals surface area contributed by atoms with Crippen molar-refractivity contribution in [3.63, 3.8) is 0 Å². The fraction of sp³-hybridized carbons (Fsp3) is 0.231. The van der Waals surface area contributed by atoms with Crippen molar-refractivity contribution in [3.8, 4) is 0 Å². The number of imidazole rings is 1. The van der Waals surface area contributed by atoms with Gasteiger partial charge in [-0.25, -0.2) is 9.97 Å². The van der Waals surface area contributed by atoms with Crippen LogP contribution in [-0.4, -0.2) is 14.4 Å². The Kier molecular flexibility index (Phi) is 3.16. The number of halogens is 1. The van der Waals surface area contributed by atoms with E-state index >= 15 is 0 Å². The maximum atomic E-state index is 5.87. The minimum atomic E-state index is 0.492. The summed E-state index contributed by atoms with van der Waals surface area (Å²) in [6, 6.07) is 3.72. The lowest BCUT2D eigenvalue weighted by Crippen LogP contribution is -2.04. The van der Waals surface area contributed by atoms with Crippen molar-refractivity contribution in [2.45, 2.75) is 20.4 Å². The monoisotopic (exact) mass is 292 g/mol. The molecule has 0 saturated carbocycles. The number of thiazole rings is 1. The number of nitrogens with one attached hydrogen (secondary N) is 1. The number of rotatable bonds is 3. The van der Waals surface area contributed by atoms with Crippen molar-refractivity contribution < 1.29 is 0 Å². The molecule has 0 unspecified atom stereocenters. The van der Waals surface area contributed by atoms with Crippen LogP contribution in [-0.2, 0) is 6.54 Å². The minimum Gasteiger partial charge on any atom is -0.379 e. The molecule has 0 atom stereocenters. The van der Waals surface area contributed by atoms with Crippen LogP contribution in [0, 0.1) is 13.8 Å². The van der Waals surface area contributed by atoms with Crippen LogP contribution in [0.1, 0.15) is 17.1 Å². The summed E-state index contributed by atoms with van der Waals surface area (Å²) in [6.07, 6.45) is 1.69. The zero-order valence-electron chi connectivity index (χ0n) is 10.6. The summed E-state index contributed by atoms with van der Waals surface area (Å²) in [4.78, 5) is 9.58. The molecule has 0 spiro atoms. The molecule has 3 aromatic heterocycles. The third-order valence-corrected chi connectivity index (χ3v) is 4.17. The molecule has 0 fully saturated rings.